The molecular formula is C8H18ClNO4. The van der Waals surface area contributed by atoms with Gasteiger partial charge in [-0.1, -0.05) is 0 Å². The number of halogens is 1. The standard InChI is InChI=1S/C8H17NO4.ClH/c10-3-7(4-11)1-9-2-8(7,5-12)6-13;/h9-13H,1-6H2;1H. The van der Waals surface area contributed by atoms with Crippen molar-refractivity contribution in [3.8, 4) is 0 Å². The Morgan fingerprint density at radius 3 is 1.29 bits per heavy atom. The topological polar surface area (TPSA) is 93.0 Å². The summed E-state index contributed by atoms with van der Waals surface area (Å²) in [6.07, 6.45) is 0. The van der Waals surface area contributed by atoms with E-state index in [2.05, 4.69) is 5.32 Å². The molecule has 1 aliphatic rings. The Balaban J connectivity index is 0.00000169. The molecule has 1 heterocycles. The summed E-state index contributed by atoms with van der Waals surface area (Å²) in [5, 5.41) is 39.7. The molecule has 5 N–H and O–H groups in total. The molecule has 0 bridgehead atoms. The number of nitrogens with one attached hydrogen (secondary N) is 1. The van der Waals surface area contributed by atoms with Gasteiger partial charge in [-0.25, -0.2) is 0 Å². The molecule has 5 nitrogen and oxygen atoms in total. The van der Waals surface area contributed by atoms with E-state index in [0.29, 0.717) is 13.1 Å². The van der Waals surface area contributed by atoms with Gasteiger partial charge in [-0.3, -0.25) is 0 Å². The monoisotopic (exact) mass is 227 g/mol. The first kappa shape index (κ1) is 14.1. The highest BCUT2D eigenvalue weighted by Crippen LogP contribution is 2.41. The van der Waals surface area contributed by atoms with E-state index in [4.69, 9.17) is 0 Å². The van der Waals surface area contributed by atoms with Crippen molar-refractivity contribution in [2.24, 2.45) is 10.8 Å². The number of rotatable bonds is 4. The first-order valence-electron chi connectivity index (χ1n) is 4.34. The first-order valence-corrected chi connectivity index (χ1v) is 4.34. The second kappa shape index (κ2) is 5.25. The van der Waals surface area contributed by atoms with Crippen LogP contribution >= 0.6 is 12.4 Å². The lowest BCUT2D eigenvalue weighted by Crippen LogP contribution is -2.51. The van der Waals surface area contributed by atoms with Crippen molar-refractivity contribution in [2.75, 3.05) is 39.5 Å². The quantitative estimate of drug-likeness (QED) is 0.382. The Morgan fingerprint density at radius 2 is 1.07 bits per heavy atom. The molecule has 0 aromatic heterocycles. The van der Waals surface area contributed by atoms with Crippen molar-refractivity contribution < 1.29 is 20.4 Å². The van der Waals surface area contributed by atoms with E-state index in [-0.39, 0.29) is 38.8 Å². The van der Waals surface area contributed by atoms with Gasteiger partial charge in [-0.2, -0.15) is 0 Å². The lowest BCUT2D eigenvalue weighted by Gasteiger charge is -2.40. The average molecular weight is 228 g/mol. The average Bonchev–Trinajstić information content (AvgIpc) is 2.57. The molecule has 0 unspecified atom stereocenters. The highest BCUT2D eigenvalue weighted by atomic mass is 35.5. The van der Waals surface area contributed by atoms with Gasteiger partial charge in [0.15, 0.2) is 0 Å². The van der Waals surface area contributed by atoms with E-state index < -0.39 is 10.8 Å². The van der Waals surface area contributed by atoms with Gasteiger partial charge in [-0.05, 0) is 0 Å². The zero-order valence-electron chi connectivity index (χ0n) is 7.94. The summed E-state index contributed by atoms with van der Waals surface area (Å²) in [4.78, 5) is 0. The van der Waals surface area contributed by atoms with Gasteiger partial charge < -0.3 is 25.7 Å². The maximum Gasteiger partial charge on any atom is 0.0529 e. The first-order chi connectivity index (χ1) is 6.20. The second-order valence-electron chi connectivity index (χ2n) is 3.80. The third kappa shape index (κ3) is 1.76. The zero-order valence-corrected chi connectivity index (χ0v) is 8.76. The summed E-state index contributed by atoms with van der Waals surface area (Å²) in [7, 11) is 0. The van der Waals surface area contributed by atoms with Crippen LogP contribution in [0.4, 0.5) is 0 Å². The van der Waals surface area contributed by atoms with Crippen molar-refractivity contribution in [3.05, 3.63) is 0 Å². The SMILES string of the molecule is Cl.OCC1(CO)CNCC1(CO)CO. The summed E-state index contributed by atoms with van der Waals surface area (Å²) in [6, 6.07) is 0. The summed E-state index contributed by atoms with van der Waals surface area (Å²) in [6.45, 7) is -0.118. The molecule has 0 aromatic rings. The smallest absolute Gasteiger partial charge is 0.0529 e. The van der Waals surface area contributed by atoms with E-state index in [9.17, 15) is 20.4 Å². The van der Waals surface area contributed by atoms with Gasteiger partial charge >= 0.3 is 0 Å². The molecule has 86 valence electrons. The molecule has 0 aromatic carbocycles. The highest BCUT2D eigenvalue weighted by molar-refractivity contribution is 5.85. The number of aliphatic hydroxyl groups excluding tert-OH is 4. The summed E-state index contributed by atoms with van der Waals surface area (Å²) in [5.74, 6) is 0. The predicted molar refractivity (Wildman–Crippen MR) is 53.3 cm³/mol. The fraction of sp³-hybridized carbons (Fsp3) is 1.00. The zero-order chi connectivity index (χ0) is 9.95. The number of hydrogen-bond donors (Lipinski definition) is 5. The molecule has 0 saturated carbocycles. The van der Waals surface area contributed by atoms with Crippen LogP contribution in [-0.4, -0.2) is 59.9 Å². The van der Waals surface area contributed by atoms with E-state index in [1.165, 1.54) is 0 Å². The molecular weight excluding hydrogens is 210 g/mol. The second-order valence-corrected chi connectivity index (χ2v) is 3.80. The molecule has 1 aliphatic heterocycles. The Bertz CT molecular complexity index is 153. The van der Waals surface area contributed by atoms with Crippen molar-refractivity contribution in [3.63, 3.8) is 0 Å². The van der Waals surface area contributed by atoms with E-state index in [1.807, 2.05) is 0 Å². The minimum atomic E-state index is -0.809. The van der Waals surface area contributed by atoms with E-state index in [1.54, 1.807) is 0 Å². The van der Waals surface area contributed by atoms with Crippen molar-refractivity contribution in [1.82, 2.24) is 5.32 Å². The van der Waals surface area contributed by atoms with Crippen molar-refractivity contribution >= 4 is 12.4 Å². The lowest BCUT2D eigenvalue weighted by molar-refractivity contribution is -0.0783. The molecule has 6 heteroatoms. The van der Waals surface area contributed by atoms with Gasteiger partial charge in [0.1, 0.15) is 0 Å². The normalized spacial score (nSPS) is 23.1. The molecule has 14 heavy (non-hydrogen) atoms. The number of aliphatic hydroxyl groups is 4. The molecule has 0 amide bonds. The maximum atomic E-state index is 9.19. The third-order valence-corrected chi connectivity index (χ3v) is 3.26. The Labute approximate surface area is 89.2 Å². The van der Waals surface area contributed by atoms with Crippen LogP contribution in [0.3, 0.4) is 0 Å². The highest BCUT2D eigenvalue weighted by Gasteiger charge is 2.53. The van der Waals surface area contributed by atoms with Crippen molar-refractivity contribution in [2.45, 2.75) is 0 Å². The Hall–Kier alpha value is 0.0900. The third-order valence-electron chi connectivity index (χ3n) is 3.26. The molecule has 1 fully saturated rings. The van der Waals surface area contributed by atoms with Crippen LogP contribution in [0.15, 0.2) is 0 Å². The van der Waals surface area contributed by atoms with Crippen molar-refractivity contribution in [1.29, 1.82) is 0 Å². The van der Waals surface area contributed by atoms with Gasteiger partial charge in [0.05, 0.1) is 26.4 Å². The van der Waals surface area contributed by atoms with Crippen LogP contribution in [0.2, 0.25) is 0 Å². The molecule has 1 rings (SSSR count). The minimum absolute atomic E-state index is 0. The van der Waals surface area contributed by atoms with Gasteiger partial charge in [0, 0.05) is 23.9 Å². The van der Waals surface area contributed by atoms with Crippen LogP contribution in [0.5, 0.6) is 0 Å². The molecule has 1 saturated heterocycles. The fourth-order valence-electron chi connectivity index (χ4n) is 1.91. The molecule has 0 aliphatic carbocycles. The molecule has 0 radical (unpaired) electrons. The van der Waals surface area contributed by atoms with Crippen LogP contribution in [-0.2, 0) is 0 Å². The Kier molecular flexibility index (Phi) is 5.28. The van der Waals surface area contributed by atoms with Gasteiger partial charge in [0.2, 0.25) is 0 Å². The Morgan fingerprint density at radius 1 is 0.786 bits per heavy atom. The van der Waals surface area contributed by atoms with E-state index >= 15 is 0 Å². The molecule has 0 spiro atoms. The van der Waals surface area contributed by atoms with Crippen LogP contribution in [0, 0.1) is 10.8 Å². The summed E-state index contributed by atoms with van der Waals surface area (Å²) >= 11 is 0. The van der Waals surface area contributed by atoms with Crippen LogP contribution in [0.25, 0.3) is 0 Å². The largest absolute Gasteiger partial charge is 0.396 e. The number of hydrogen-bond acceptors (Lipinski definition) is 5. The van der Waals surface area contributed by atoms with Crippen LogP contribution < -0.4 is 5.32 Å². The lowest BCUT2D eigenvalue weighted by atomic mass is 9.67. The summed E-state index contributed by atoms with van der Waals surface area (Å²) < 4.78 is 0. The minimum Gasteiger partial charge on any atom is -0.396 e. The summed E-state index contributed by atoms with van der Waals surface area (Å²) in [5.41, 5.74) is -1.62. The van der Waals surface area contributed by atoms with Gasteiger partial charge in [0.25, 0.3) is 0 Å². The fourth-order valence-corrected chi connectivity index (χ4v) is 1.91. The maximum absolute atomic E-state index is 9.19. The van der Waals surface area contributed by atoms with E-state index in [0.717, 1.165) is 0 Å². The molecule has 0 atom stereocenters. The van der Waals surface area contributed by atoms with Crippen LogP contribution in [0.1, 0.15) is 0 Å². The predicted octanol–water partition coefficient (Wildman–Crippen LogP) is -2.05. The van der Waals surface area contributed by atoms with Gasteiger partial charge in [-0.15, -0.1) is 12.4 Å².